The SMILES string of the molecule is CCC(C=C[C@@H](C)[C@H]1CC[C@H]2[C@@H]3CC=C4CCCC[C@]4(C)[C@H]3CC[C@]12C)C(C)C. The van der Waals surface area contributed by atoms with Crippen molar-refractivity contribution in [1.82, 2.24) is 0 Å². The summed E-state index contributed by atoms with van der Waals surface area (Å²) < 4.78 is 0. The lowest BCUT2D eigenvalue weighted by molar-refractivity contribution is -0.0462. The molecule has 0 heteroatoms. The van der Waals surface area contributed by atoms with Crippen molar-refractivity contribution in [3.63, 3.8) is 0 Å². The van der Waals surface area contributed by atoms with E-state index in [1.165, 1.54) is 64.2 Å². The molecule has 8 atom stereocenters. The van der Waals surface area contributed by atoms with Crippen LogP contribution in [-0.4, -0.2) is 0 Å². The molecule has 4 aliphatic carbocycles. The van der Waals surface area contributed by atoms with Crippen LogP contribution in [0, 0.1) is 52.3 Å². The van der Waals surface area contributed by atoms with Crippen LogP contribution in [0.25, 0.3) is 0 Å². The molecule has 0 amide bonds. The number of rotatable bonds is 5. The van der Waals surface area contributed by atoms with Gasteiger partial charge in [0.15, 0.2) is 0 Å². The van der Waals surface area contributed by atoms with Crippen LogP contribution in [0.5, 0.6) is 0 Å². The Hall–Kier alpha value is -0.520. The first kappa shape index (κ1) is 21.7. The molecule has 0 heterocycles. The summed E-state index contributed by atoms with van der Waals surface area (Å²) in [5, 5.41) is 0. The van der Waals surface area contributed by atoms with Gasteiger partial charge in [-0.2, -0.15) is 0 Å². The van der Waals surface area contributed by atoms with Gasteiger partial charge in [-0.3, -0.25) is 0 Å². The highest BCUT2D eigenvalue weighted by Gasteiger charge is 2.58. The van der Waals surface area contributed by atoms with Crippen LogP contribution in [0.15, 0.2) is 23.8 Å². The second-order valence-corrected chi connectivity index (χ2v) is 12.3. The van der Waals surface area contributed by atoms with Crippen LogP contribution >= 0.6 is 0 Å². The molecular weight excluding hydrogens is 348 g/mol. The van der Waals surface area contributed by atoms with E-state index in [4.69, 9.17) is 0 Å². The molecule has 0 aromatic heterocycles. The second-order valence-electron chi connectivity index (χ2n) is 12.3. The van der Waals surface area contributed by atoms with E-state index in [1.54, 1.807) is 0 Å². The van der Waals surface area contributed by atoms with Crippen LogP contribution in [0.1, 0.15) is 106 Å². The molecule has 0 N–H and O–H groups in total. The molecule has 1 unspecified atom stereocenters. The quantitative estimate of drug-likeness (QED) is 0.407. The van der Waals surface area contributed by atoms with Crippen molar-refractivity contribution in [3.8, 4) is 0 Å². The van der Waals surface area contributed by atoms with E-state index in [0.717, 1.165) is 41.4 Å². The van der Waals surface area contributed by atoms with Crippen molar-refractivity contribution < 1.29 is 0 Å². The Bertz CT molecular complexity index is 638. The average molecular weight is 397 g/mol. The lowest BCUT2D eigenvalue weighted by Crippen LogP contribution is -2.49. The van der Waals surface area contributed by atoms with Gasteiger partial charge >= 0.3 is 0 Å². The van der Waals surface area contributed by atoms with Gasteiger partial charge in [-0.25, -0.2) is 0 Å². The maximum absolute atomic E-state index is 2.73. The summed E-state index contributed by atoms with van der Waals surface area (Å²) in [6.07, 6.45) is 22.4. The first-order chi connectivity index (χ1) is 13.8. The standard InChI is InChI=1S/C29H48/c1-7-22(20(2)3)12-11-21(4)25-15-16-26-24-14-13-23-10-8-9-18-28(23,5)27(24)17-19-29(25,26)6/h11-13,20-22,24-27H,7-10,14-19H2,1-6H3/t21-,22?,24+,25-,26+,27+,28+,29-/m1/s1. The highest BCUT2D eigenvalue weighted by atomic mass is 14.6. The maximum Gasteiger partial charge on any atom is -0.00853 e. The third-order valence-electron chi connectivity index (χ3n) is 10.7. The van der Waals surface area contributed by atoms with Gasteiger partial charge in [-0.15, -0.1) is 0 Å². The predicted molar refractivity (Wildman–Crippen MR) is 127 cm³/mol. The summed E-state index contributed by atoms with van der Waals surface area (Å²) in [5.74, 6) is 6.10. The zero-order chi connectivity index (χ0) is 20.8. The molecule has 29 heavy (non-hydrogen) atoms. The third kappa shape index (κ3) is 3.59. The van der Waals surface area contributed by atoms with E-state index in [2.05, 4.69) is 59.8 Å². The zero-order valence-corrected chi connectivity index (χ0v) is 20.3. The van der Waals surface area contributed by atoms with Gasteiger partial charge in [0.1, 0.15) is 0 Å². The summed E-state index contributed by atoms with van der Waals surface area (Å²) in [5.41, 5.74) is 3.00. The number of hydrogen-bond acceptors (Lipinski definition) is 0. The molecule has 0 bridgehead atoms. The molecule has 0 aliphatic heterocycles. The smallest absolute Gasteiger partial charge is 0.00853 e. The van der Waals surface area contributed by atoms with E-state index in [0.29, 0.717) is 10.8 Å². The fourth-order valence-corrected chi connectivity index (χ4v) is 8.88. The first-order valence-electron chi connectivity index (χ1n) is 13.2. The Morgan fingerprint density at radius 3 is 2.52 bits per heavy atom. The summed E-state index contributed by atoms with van der Waals surface area (Å²) in [6.45, 7) is 15.0. The highest BCUT2D eigenvalue weighted by Crippen LogP contribution is 2.67. The fourth-order valence-electron chi connectivity index (χ4n) is 8.88. The van der Waals surface area contributed by atoms with Crippen molar-refractivity contribution in [2.24, 2.45) is 52.3 Å². The van der Waals surface area contributed by atoms with E-state index in [-0.39, 0.29) is 0 Å². The molecule has 0 saturated heterocycles. The van der Waals surface area contributed by atoms with Crippen molar-refractivity contribution in [2.45, 2.75) is 106 Å². The van der Waals surface area contributed by atoms with Gasteiger partial charge in [0.05, 0.1) is 0 Å². The minimum absolute atomic E-state index is 0.553. The normalized spacial score (nSPS) is 44.2. The Morgan fingerprint density at radius 2 is 1.79 bits per heavy atom. The Morgan fingerprint density at radius 1 is 1.00 bits per heavy atom. The monoisotopic (exact) mass is 396 g/mol. The summed E-state index contributed by atoms with van der Waals surface area (Å²) in [4.78, 5) is 0. The zero-order valence-electron chi connectivity index (χ0n) is 20.3. The summed E-state index contributed by atoms with van der Waals surface area (Å²) in [6, 6.07) is 0. The lowest BCUT2D eigenvalue weighted by Gasteiger charge is -2.58. The minimum atomic E-state index is 0.553. The molecule has 0 aromatic carbocycles. The fraction of sp³-hybridized carbons (Fsp3) is 0.862. The molecule has 0 aromatic rings. The number of fused-ring (bicyclic) bond motifs is 5. The molecule has 0 radical (unpaired) electrons. The number of hydrogen-bond donors (Lipinski definition) is 0. The van der Waals surface area contributed by atoms with Crippen molar-refractivity contribution in [2.75, 3.05) is 0 Å². The van der Waals surface area contributed by atoms with Crippen molar-refractivity contribution >= 4 is 0 Å². The predicted octanol–water partition coefficient (Wildman–Crippen LogP) is 8.83. The van der Waals surface area contributed by atoms with Crippen LogP contribution < -0.4 is 0 Å². The van der Waals surface area contributed by atoms with Crippen molar-refractivity contribution in [1.29, 1.82) is 0 Å². The van der Waals surface area contributed by atoms with E-state index < -0.39 is 0 Å². The second kappa shape index (κ2) is 8.20. The molecule has 3 fully saturated rings. The molecule has 0 spiro atoms. The van der Waals surface area contributed by atoms with Gasteiger partial charge in [0.2, 0.25) is 0 Å². The molecule has 0 nitrogen and oxygen atoms in total. The van der Waals surface area contributed by atoms with Gasteiger partial charge in [0, 0.05) is 0 Å². The first-order valence-corrected chi connectivity index (χ1v) is 13.2. The van der Waals surface area contributed by atoms with E-state index in [9.17, 15) is 0 Å². The van der Waals surface area contributed by atoms with Crippen molar-refractivity contribution in [3.05, 3.63) is 23.8 Å². The van der Waals surface area contributed by atoms with E-state index in [1.807, 2.05) is 5.57 Å². The Balaban J connectivity index is 1.52. The van der Waals surface area contributed by atoms with Crippen LogP contribution in [0.3, 0.4) is 0 Å². The lowest BCUT2D eigenvalue weighted by atomic mass is 9.47. The van der Waals surface area contributed by atoms with Gasteiger partial charge in [0.25, 0.3) is 0 Å². The average Bonchev–Trinajstić information content (AvgIpc) is 3.05. The molecular formula is C29H48. The molecule has 3 saturated carbocycles. The topological polar surface area (TPSA) is 0 Å². The molecule has 4 aliphatic rings. The summed E-state index contributed by atoms with van der Waals surface area (Å²) in [7, 11) is 0. The Kier molecular flexibility index (Phi) is 6.14. The van der Waals surface area contributed by atoms with Gasteiger partial charge in [-0.1, -0.05) is 71.8 Å². The van der Waals surface area contributed by atoms with Crippen LogP contribution in [0.2, 0.25) is 0 Å². The largest absolute Gasteiger partial charge is 0.0851 e. The summed E-state index contributed by atoms with van der Waals surface area (Å²) >= 11 is 0. The number of allylic oxidation sites excluding steroid dienone is 4. The van der Waals surface area contributed by atoms with Crippen LogP contribution in [0.4, 0.5) is 0 Å². The van der Waals surface area contributed by atoms with Gasteiger partial charge < -0.3 is 0 Å². The highest BCUT2D eigenvalue weighted by molar-refractivity contribution is 5.24. The molecule has 4 rings (SSSR count). The molecule has 164 valence electrons. The third-order valence-corrected chi connectivity index (χ3v) is 10.7. The minimum Gasteiger partial charge on any atom is -0.0851 e. The Labute approximate surface area is 182 Å². The van der Waals surface area contributed by atoms with Crippen LogP contribution in [-0.2, 0) is 0 Å². The van der Waals surface area contributed by atoms with E-state index >= 15 is 0 Å². The van der Waals surface area contributed by atoms with Gasteiger partial charge in [-0.05, 0) is 110 Å². The maximum atomic E-state index is 2.73.